The zero-order valence-corrected chi connectivity index (χ0v) is 23.7. The second-order valence-electron chi connectivity index (χ2n) is 11.9. The van der Waals surface area contributed by atoms with E-state index in [1.807, 2.05) is 6.08 Å². The van der Waals surface area contributed by atoms with E-state index in [2.05, 4.69) is 18.0 Å². The third-order valence-electron chi connectivity index (χ3n) is 9.44. The van der Waals surface area contributed by atoms with Gasteiger partial charge in [-0.05, 0) is 54.9 Å². The van der Waals surface area contributed by atoms with Crippen molar-refractivity contribution < 1.29 is 18.7 Å². The van der Waals surface area contributed by atoms with Gasteiger partial charge in [0.05, 0.1) is 36.7 Å². The summed E-state index contributed by atoms with van der Waals surface area (Å²) >= 11 is 0. The summed E-state index contributed by atoms with van der Waals surface area (Å²) in [4.78, 5) is 37.8. The molecule has 1 unspecified atom stereocenters. The number of H-pyrrole nitrogens is 1. The van der Waals surface area contributed by atoms with Crippen LogP contribution in [0.4, 0.5) is 9.18 Å². The number of ether oxygens (including phenoxy) is 1. The Morgan fingerprint density at radius 1 is 1.15 bits per heavy atom. The molecule has 6 rings (SSSR count). The number of fused-ring (bicyclic) bond motifs is 1. The van der Waals surface area contributed by atoms with Crippen molar-refractivity contribution in [2.45, 2.75) is 64.1 Å². The number of nitrogens with zero attached hydrogens (tertiary/aromatic N) is 4. The van der Waals surface area contributed by atoms with Crippen molar-refractivity contribution in [2.75, 3.05) is 26.7 Å². The minimum absolute atomic E-state index is 0.0299. The van der Waals surface area contributed by atoms with Crippen LogP contribution in [-0.2, 0) is 28.2 Å². The molecule has 0 bridgehead atoms. The Morgan fingerprint density at radius 2 is 1.88 bits per heavy atom. The molecule has 9 heteroatoms. The Labute approximate surface area is 239 Å². The Kier molecular flexibility index (Phi) is 7.18. The maximum Gasteiger partial charge on any atom is 0.409 e. The molecule has 1 aromatic carbocycles. The van der Waals surface area contributed by atoms with Gasteiger partial charge in [0.1, 0.15) is 11.5 Å². The van der Waals surface area contributed by atoms with Crippen molar-refractivity contribution >= 4 is 17.6 Å². The summed E-state index contributed by atoms with van der Waals surface area (Å²) in [7, 11) is 1.39. The van der Waals surface area contributed by atoms with Crippen LogP contribution in [0.3, 0.4) is 0 Å². The quantitative estimate of drug-likeness (QED) is 0.541. The van der Waals surface area contributed by atoms with Crippen molar-refractivity contribution in [1.29, 1.82) is 5.26 Å². The molecule has 4 aliphatic rings. The number of amides is 2. The van der Waals surface area contributed by atoms with Crippen LogP contribution < -0.4 is 0 Å². The molecule has 41 heavy (non-hydrogen) atoms. The van der Waals surface area contributed by atoms with Gasteiger partial charge >= 0.3 is 6.09 Å². The molecule has 1 saturated carbocycles. The number of nitrogens with one attached hydrogen (secondary N) is 1. The molecule has 2 amide bonds. The van der Waals surface area contributed by atoms with Crippen LogP contribution in [0.15, 0.2) is 41.5 Å². The number of benzene rings is 1. The number of methoxy groups -OCH3 is 1. The fourth-order valence-corrected chi connectivity index (χ4v) is 6.66. The normalized spacial score (nSPS) is 22.4. The number of nitriles is 1. The van der Waals surface area contributed by atoms with E-state index in [0.717, 1.165) is 47.6 Å². The van der Waals surface area contributed by atoms with Gasteiger partial charge in [-0.3, -0.25) is 4.79 Å². The number of rotatable bonds is 4. The highest BCUT2D eigenvalue weighted by Crippen LogP contribution is 2.45. The zero-order chi connectivity index (χ0) is 28.7. The van der Waals surface area contributed by atoms with Crippen LogP contribution in [-0.4, -0.2) is 58.5 Å². The molecule has 1 aromatic heterocycles. The SMILES string of the molecule is COC(=O)N1CCc2nc(C3=C(C4CCC4)CC(C)C(C(=O)N4CCC(F)(c5ccc(C#N)cc5)CC4)=C3)[nH]c2C1. The van der Waals surface area contributed by atoms with E-state index in [1.54, 1.807) is 34.1 Å². The fourth-order valence-electron chi connectivity index (χ4n) is 6.66. The van der Waals surface area contributed by atoms with E-state index in [1.165, 1.54) is 19.1 Å². The predicted molar refractivity (Wildman–Crippen MR) is 151 cm³/mol. The maximum absolute atomic E-state index is 15.9. The van der Waals surface area contributed by atoms with Crippen molar-refractivity contribution in [2.24, 2.45) is 11.8 Å². The Morgan fingerprint density at radius 3 is 2.51 bits per heavy atom. The van der Waals surface area contributed by atoms with Crippen molar-refractivity contribution in [1.82, 2.24) is 19.8 Å². The molecule has 1 N–H and O–H groups in total. The summed E-state index contributed by atoms with van der Waals surface area (Å²) in [5.74, 6) is 1.31. The van der Waals surface area contributed by atoms with Gasteiger partial charge < -0.3 is 19.5 Å². The van der Waals surface area contributed by atoms with Gasteiger partial charge in [0.15, 0.2) is 0 Å². The average molecular weight is 558 g/mol. The number of allylic oxidation sites excluding steroid dienone is 3. The first-order valence-corrected chi connectivity index (χ1v) is 14.6. The van der Waals surface area contributed by atoms with Gasteiger partial charge in [0.2, 0.25) is 5.91 Å². The standard InChI is InChI=1S/C32H36FN5O3/c1-20-16-25(22-4-3-5-22)26(29-35-27-10-13-38(31(40)41-2)19-28(27)36-29)17-24(20)30(39)37-14-11-32(33,12-15-37)23-8-6-21(18-34)7-9-23/h6-9,17,20,22H,3-5,10-16,19H2,1-2H3,(H,35,36). The van der Waals surface area contributed by atoms with Crippen LogP contribution in [0.2, 0.25) is 0 Å². The monoisotopic (exact) mass is 557 g/mol. The summed E-state index contributed by atoms with van der Waals surface area (Å²) < 4.78 is 20.8. The second-order valence-corrected chi connectivity index (χ2v) is 11.9. The highest BCUT2D eigenvalue weighted by Gasteiger charge is 2.40. The lowest BCUT2D eigenvalue weighted by Crippen LogP contribution is -2.44. The molecule has 214 valence electrons. The Bertz CT molecular complexity index is 1450. The Balaban J connectivity index is 1.24. The lowest BCUT2D eigenvalue weighted by molar-refractivity contribution is -0.130. The molecule has 2 fully saturated rings. The molecule has 2 aliphatic carbocycles. The number of hydrogen-bond acceptors (Lipinski definition) is 5. The Hall–Kier alpha value is -3.93. The molecule has 3 heterocycles. The van der Waals surface area contributed by atoms with Gasteiger partial charge in [-0.25, -0.2) is 14.2 Å². The van der Waals surface area contributed by atoms with Gasteiger partial charge in [0, 0.05) is 50.0 Å². The molecule has 2 aliphatic heterocycles. The van der Waals surface area contributed by atoms with Crippen molar-refractivity contribution in [3.8, 4) is 6.07 Å². The molecule has 1 saturated heterocycles. The molecule has 0 radical (unpaired) electrons. The van der Waals surface area contributed by atoms with E-state index >= 15 is 4.39 Å². The largest absolute Gasteiger partial charge is 0.453 e. The predicted octanol–water partition coefficient (Wildman–Crippen LogP) is 5.41. The number of carbonyl (C=O) groups excluding carboxylic acids is 2. The maximum atomic E-state index is 15.9. The first-order chi connectivity index (χ1) is 19.8. The molecule has 0 spiro atoms. The van der Waals surface area contributed by atoms with Crippen LogP contribution >= 0.6 is 0 Å². The summed E-state index contributed by atoms with van der Waals surface area (Å²) in [5.41, 5.74) is 4.55. The zero-order valence-electron chi connectivity index (χ0n) is 23.7. The average Bonchev–Trinajstić information content (AvgIpc) is 3.39. The van der Waals surface area contributed by atoms with Crippen LogP contribution in [0, 0.1) is 23.2 Å². The lowest BCUT2D eigenvalue weighted by atomic mass is 9.71. The fraction of sp³-hybridized carbons (Fsp3) is 0.500. The number of imidazole rings is 1. The third-order valence-corrected chi connectivity index (χ3v) is 9.44. The smallest absolute Gasteiger partial charge is 0.409 e. The number of likely N-dealkylation sites (tertiary alicyclic amines) is 1. The van der Waals surface area contributed by atoms with Crippen LogP contribution in [0.1, 0.15) is 73.8 Å². The van der Waals surface area contributed by atoms with Gasteiger partial charge in [-0.2, -0.15) is 5.26 Å². The minimum Gasteiger partial charge on any atom is -0.453 e. The van der Waals surface area contributed by atoms with E-state index in [0.29, 0.717) is 49.6 Å². The highest BCUT2D eigenvalue weighted by atomic mass is 19.1. The summed E-state index contributed by atoms with van der Waals surface area (Å²) in [5, 5.41) is 9.06. The molecule has 8 nitrogen and oxygen atoms in total. The lowest BCUT2D eigenvalue weighted by Gasteiger charge is -2.39. The van der Waals surface area contributed by atoms with E-state index in [-0.39, 0.29) is 30.8 Å². The number of aromatic amines is 1. The molecular formula is C32H36FN5O3. The number of hydrogen-bond donors (Lipinski definition) is 1. The molecule has 2 aromatic rings. The first kappa shape index (κ1) is 27.3. The first-order valence-electron chi connectivity index (χ1n) is 14.6. The summed E-state index contributed by atoms with van der Waals surface area (Å²) in [6, 6.07) is 8.75. The number of aromatic nitrogens is 2. The minimum atomic E-state index is -1.51. The van der Waals surface area contributed by atoms with Gasteiger partial charge in [-0.1, -0.05) is 31.1 Å². The van der Waals surface area contributed by atoms with E-state index in [4.69, 9.17) is 15.0 Å². The molecular weight excluding hydrogens is 521 g/mol. The van der Waals surface area contributed by atoms with E-state index < -0.39 is 5.67 Å². The third kappa shape index (κ3) is 5.05. The summed E-state index contributed by atoms with van der Waals surface area (Å²) in [6.07, 6.45) is 7.11. The number of halogens is 1. The topological polar surface area (TPSA) is 102 Å². The van der Waals surface area contributed by atoms with Gasteiger partial charge in [0.25, 0.3) is 0 Å². The number of piperidine rings is 1. The highest BCUT2D eigenvalue weighted by molar-refractivity contribution is 5.98. The number of alkyl halides is 1. The van der Waals surface area contributed by atoms with Crippen LogP contribution in [0.5, 0.6) is 0 Å². The van der Waals surface area contributed by atoms with Crippen molar-refractivity contribution in [3.63, 3.8) is 0 Å². The van der Waals surface area contributed by atoms with Crippen molar-refractivity contribution in [3.05, 3.63) is 69.8 Å². The van der Waals surface area contributed by atoms with Gasteiger partial charge in [-0.15, -0.1) is 0 Å². The van der Waals surface area contributed by atoms with E-state index in [9.17, 15) is 9.59 Å². The molecule has 1 atom stereocenters. The second kappa shape index (κ2) is 10.8. The van der Waals surface area contributed by atoms with Crippen LogP contribution in [0.25, 0.3) is 5.57 Å². The number of carbonyl (C=O) groups is 2. The summed E-state index contributed by atoms with van der Waals surface area (Å²) in [6.45, 7) is 3.77.